The van der Waals surface area contributed by atoms with E-state index in [1.165, 1.54) is 20.9 Å². The Labute approximate surface area is 205 Å². The molecule has 2 aliphatic heterocycles. The summed E-state index contributed by atoms with van der Waals surface area (Å²) >= 11 is 3.48. The van der Waals surface area contributed by atoms with Crippen molar-refractivity contribution >= 4 is 29.3 Å². The molecular formula is C28H29NO2S2. The van der Waals surface area contributed by atoms with Crippen LogP contribution in [0.3, 0.4) is 0 Å². The van der Waals surface area contributed by atoms with E-state index >= 15 is 0 Å². The van der Waals surface area contributed by atoms with E-state index in [-0.39, 0.29) is 11.8 Å². The maximum atomic E-state index is 12.7. The first-order valence-electron chi connectivity index (χ1n) is 11.2. The Hall–Kier alpha value is -2.31. The summed E-state index contributed by atoms with van der Waals surface area (Å²) in [7, 11) is 0. The van der Waals surface area contributed by atoms with Crippen LogP contribution in [0.5, 0.6) is 0 Å². The lowest BCUT2D eigenvalue weighted by molar-refractivity contribution is 0.0255. The molecular weight excluding hydrogens is 446 g/mol. The molecule has 3 nitrogen and oxygen atoms in total. The molecule has 5 rings (SSSR count). The molecule has 2 heterocycles. The largest absolute Gasteiger partial charge is 0.379 e. The lowest BCUT2D eigenvalue weighted by atomic mass is 10.0. The highest BCUT2D eigenvalue weighted by Crippen LogP contribution is 2.38. The summed E-state index contributed by atoms with van der Waals surface area (Å²) in [6.45, 7) is 6.76. The highest BCUT2D eigenvalue weighted by molar-refractivity contribution is 7.99. The van der Waals surface area contributed by atoms with Crippen LogP contribution in [0.25, 0.3) is 0 Å². The van der Waals surface area contributed by atoms with E-state index in [2.05, 4.69) is 60.0 Å². The summed E-state index contributed by atoms with van der Waals surface area (Å²) in [6, 6.07) is 24.8. The highest BCUT2D eigenvalue weighted by Gasteiger charge is 2.26. The number of hydrogen-bond acceptors (Lipinski definition) is 5. The van der Waals surface area contributed by atoms with Crippen molar-refractivity contribution in [1.82, 2.24) is 4.90 Å². The Balaban J connectivity index is 0.000000163. The first-order chi connectivity index (χ1) is 16.2. The van der Waals surface area contributed by atoms with E-state index in [0.717, 1.165) is 30.0 Å². The number of benzene rings is 3. The number of hydrogen-bond donors (Lipinski definition) is 0. The van der Waals surface area contributed by atoms with Gasteiger partial charge in [-0.2, -0.15) is 0 Å². The van der Waals surface area contributed by atoms with Crippen LogP contribution < -0.4 is 0 Å². The molecule has 3 aromatic rings. The molecule has 3 aromatic carbocycles. The number of fused-ring (bicyclic) bond motifs is 2. The molecule has 170 valence electrons. The Morgan fingerprint density at radius 3 is 2.15 bits per heavy atom. The predicted octanol–water partition coefficient (Wildman–Crippen LogP) is 6.22. The van der Waals surface area contributed by atoms with Gasteiger partial charge >= 0.3 is 0 Å². The van der Waals surface area contributed by atoms with Gasteiger partial charge < -0.3 is 4.74 Å². The maximum absolute atomic E-state index is 12.7. The molecule has 0 aromatic heterocycles. The predicted molar refractivity (Wildman–Crippen MR) is 139 cm³/mol. The highest BCUT2D eigenvalue weighted by atomic mass is 32.2. The van der Waals surface area contributed by atoms with E-state index in [0.29, 0.717) is 13.2 Å². The van der Waals surface area contributed by atoms with E-state index in [4.69, 9.17) is 4.74 Å². The van der Waals surface area contributed by atoms with Crippen molar-refractivity contribution in [3.63, 3.8) is 0 Å². The molecule has 0 saturated carbocycles. The third-order valence-electron chi connectivity index (χ3n) is 5.85. The van der Waals surface area contributed by atoms with Crippen LogP contribution in [-0.2, 0) is 11.2 Å². The number of carbonyl (C=O) groups excluding carboxylic acids is 1. The van der Waals surface area contributed by atoms with Crippen molar-refractivity contribution in [2.24, 2.45) is 0 Å². The number of carbonyl (C=O) groups is 1. The van der Waals surface area contributed by atoms with Gasteiger partial charge in [0.25, 0.3) is 0 Å². The van der Waals surface area contributed by atoms with Gasteiger partial charge in [0.2, 0.25) is 0 Å². The fourth-order valence-electron chi connectivity index (χ4n) is 4.11. The van der Waals surface area contributed by atoms with Gasteiger partial charge in [-0.15, -0.1) is 18.3 Å². The Morgan fingerprint density at radius 1 is 0.970 bits per heavy atom. The van der Waals surface area contributed by atoms with Crippen molar-refractivity contribution in [2.45, 2.75) is 27.1 Å². The van der Waals surface area contributed by atoms with Crippen LogP contribution in [0.1, 0.15) is 21.5 Å². The fourth-order valence-corrected chi connectivity index (χ4v) is 5.78. The van der Waals surface area contributed by atoms with Crippen molar-refractivity contribution in [3.05, 3.63) is 102 Å². The topological polar surface area (TPSA) is 29.5 Å². The molecule has 5 heteroatoms. The minimum atomic E-state index is -0.253. The standard InChI is InChI=1S/C15H19NO2S.C13H10S/c1-3-13(16-8-10-18-11-9-16)15(17)12-6-4-5-7-14(12)19-2;1-3-7-12-10(5-1)9-11-6-2-4-8-13(11)14-12/h3-7,13H,1,8-11H2,2H3;1-8H,9H2. The van der Waals surface area contributed by atoms with E-state index in [1.54, 1.807) is 17.8 Å². The molecule has 0 amide bonds. The Bertz CT molecular complexity index is 1020. The number of rotatable bonds is 5. The SMILES string of the molecule is C=CC(C(=O)c1ccccc1SC)N1CCOCC1.c1ccc2c(c1)Cc1ccccc1S2. The Kier molecular flexibility index (Phi) is 8.46. The van der Waals surface area contributed by atoms with Gasteiger partial charge in [-0.25, -0.2) is 0 Å². The number of Topliss-reactive ketones (excluding diaryl/α,β-unsaturated/α-hetero) is 1. The third kappa shape index (κ3) is 5.79. The molecule has 1 saturated heterocycles. The second-order valence-corrected chi connectivity index (χ2v) is 9.82. The smallest absolute Gasteiger partial charge is 0.184 e. The quantitative estimate of drug-likeness (QED) is 0.194. The summed E-state index contributed by atoms with van der Waals surface area (Å²) in [4.78, 5) is 18.7. The summed E-state index contributed by atoms with van der Waals surface area (Å²) in [6.07, 6.45) is 4.81. The Morgan fingerprint density at radius 2 is 1.55 bits per heavy atom. The zero-order valence-electron chi connectivity index (χ0n) is 18.9. The van der Waals surface area contributed by atoms with Crippen LogP contribution >= 0.6 is 23.5 Å². The third-order valence-corrected chi connectivity index (χ3v) is 7.88. The molecule has 33 heavy (non-hydrogen) atoms. The molecule has 0 spiro atoms. The summed E-state index contributed by atoms with van der Waals surface area (Å²) in [5.41, 5.74) is 3.69. The minimum Gasteiger partial charge on any atom is -0.379 e. The van der Waals surface area contributed by atoms with E-state index < -0.39 is 0 Å². The first-order valence-corrected chi connectivity index (χ1v) is 13.2. The molecule has 0 radical (unpaired) electrons. The van der Waals surface area contributed by atoms with Gasteiger partial charge in [-0.1, -0.05) is 72.4 Å². The molecule has 1 fully saturated rings. The molecule has 0 N–H and O–H groups in total. The lowest BCUT2D eigenvalue weighted by Gasteiger charge is -2.32. The van der Waals surface area contributed by atoms with Gasteiger partial charge in [0.15, 0.2) is 5.78 Å². The number of morpholine rings is 1. The van der Waals surface area contributed by atoms with Crippen LogP contribution in [-0.4, -0.2) is 49.3 Å². The van der Waals surface area contributed by atoms with Crippen molar-refractivity contribution in [3.8, 4) is 0 Å². The molecule has 0 bridgehead atoms. The van der Waals surface area contributed by atoms with Gasteiger partial charge in [-0.3, -0.25) is 9.69 Å². The van der Waals surface area contributed by atoms with E-state index in [1.807, 2.05) is 42.3 Å². The van der Waals surface area contributed by atoms with E-state index in [9.17, 15) is 4.79 Å². The van der Waals surface area contributed by atoms with Gasteiger partial charge in [0.1, 0.15) is 0 Å². The summed E-state index contributed by atoms with van der Waals surface area (Å²) in [5.74, 6) is 0.127. The number of nitrogens with zero attached hydrogens (tertiary/aromatic N) is 1. The van der Waals surface area contributed by atoms with Crippen molar-refractivity contribution < 1.29 is 9.53 Å². The second kappa shape index (κ2) is 11.7. The normalized spacial score (nSPS) is 15.9. The van der Waals surface area contributed by atoms with Gasteiger partial charge in [0, 0.05) is 33.3 Å². The van der Waals surface area contributed by atoms with Crippen molar-refractivity contribution in [2.75, 3.05) is 32.6 Å². The minimum absolute atomic E-state index is 0.127. The molecule has 1 unspecified atom stereocenters. The van der Waals surface area contributed by atoms with Gasteiger partial charge in [-0.05, 0) is 42.0 Å². The van der Waals surface area contributed by atoms with Crippen LogP contribution in [0.4, 0.5) is 0 Å². The molecule has 2 aliphatic rings. The average molecular weight is 476 g/mol. The molecule has 1 atom stereocenters. The number of thioether (sulfide) groups is 1. The monoisotopic (exact) mass is 475 g/mol. The van der Waals surface area contributed by atoms with Crippen LogP contribution in [0, 0.1) is 0 Å². The summed E-state index contributed by atoms with van der Waals surface area (Å²) < 4.78 is 5.33. The fraction of sp³-hybridized carbons (Fsp3) is 0.250. The lowest BCUT2D eigenvalue weighted by Crippen LogP contribution is -2.46. The first kappa shape index (κ1) is 23.8. The number of ether oxygens (including phenoxy) is 1. The van der Waals surface area contributed by atoms with Crippen molar-refractivity contribution in [1.29, 1.82) is 0 Å². The summed E-state index contributed by atoms with van der Waals surface area (Å²) in [5, 5.41) is 0. The zero-order valence-corrected chi connectivity index (χ0v) is 20.5. The van der Waals surface area contributed by atoms with Crippen LogP contribution in [0.15, 0.2) is 100 Å². The maximum Gasteiger partial charge on any atom is 0.184 e. The van der Waals surface area contributed by atoms with Crippen LogP contribution in [0.2, 0.25) is 0 Å². The average Bonchev–Trinajstić information content (AvgIpc) is 2.88. The number of ketones is 1. The second-order valence-electron chi connectivity index (χ2n) is 7.89. The molecule has 0 aliphatic carbocycles. The van der Waals surface area contributed by atoms with Gasteiger partial charge in [0.05, 0.1) is 19.3 Å². The zero-order chi connectivity index (χ0) is 23.0.